The van der Waals surface area contributed by atoms with Gasteiger partial charge in [0, 0.05) is 5.39 Å². The standard InChI is InChI=1S/C22H17FNO3/c1-3-13-14-9-5-6-10-15(14)20(27-4-2)19-18(13)21(25)24(22(19)26)17-12-8-7-11-16(17)23/h5-6,8-12H,3-4H2,1-2H3. The van der Waals surface area contributed by atoms with Gasteiger partial charge in [0.15, 0.2) is 0 Å². The van der Waals surface area contributed by atoms with Gasteiger partial charge in [0.2, 0.25) is 0 Å². The lowest BCUT2D eigenvalue weighted by molar-refractivity contribution is 0.0924. The predicted molar refractivity (Wildman–Crippen MR) is 101 cm³/mol. The van der Waals surface area contributed by atoms with Crippen molar-refractivity contribution in [1.29, 1.82) is 0 Å². The van der Waals surface area contributed by atoms with Gasteiger partial charge in [0.1, 0.15) is 11.6 Å². The van der Waals surface area contributed by atoms with Gasteiger partial charge in [-0.05, 0) is 42.5 Å². The van der Waals surface area contributed by atoms with E-state index < -0.39 is 17.6 Å². The molecule has 1 radical (unpaired) electrons. The fourth-order valence-electron chi connectivity index (χ4n) is 3.70. The lowest BCUT2D eigenvalue weighted by Gasteiger charge is -2.15. The Bertz CT molecular complexity index is 1090. The highest BCUT2D eigenvalue weighted by atomic mass is 19.1. The average molecular weight is 362 g/mol. The molecule has 3 aromatic carbocycles. The number of fused-ring (bicyclic) bond motifs is 2. The molecule has 4 nitrogen and oxygen atoms in total. The Morgan fingerprint density at radius 2 is 1.74 bits per heavy atom. The molecule has 27 heavy (non-hydrogen) atoms. The van der Waals surface area contributed by atoms with Crippen molar-refractivity contribution >= 4 is 28.3 Å². The Morgan fingerprint density at radius 1 is 1.04 bits per heavy atom. The van der Waals surface area contributed by atoms with Crippen molar-refractivity contribution in [3.8, 4) is 5.75 Å². The van der Waals surface area contributed by atoms with Gasteiger partial charge in [-0.15, -0.1) is 0 Å². The Kier molecular flexibility index (Phi) is 4.15. The lowest BCUT2D eigenvalue weighted by Crippen LogP contribution is -2.30. The molecule has 135 valence electrons. The van der Waals surface area contributed by atoms with E-state index in [0.29, 0.717) is 24.3 Å². The number of imide groups is 1. The van der Waals surface area contributed by atoms with Crippen molar-refractivity contribution in [2.24, 2.45) is 0 Å². The maximum atomic E-state index is 14.3. The monoisotopic (exact) mass is 362 g/mol. The number of hydrogen-bond acceptors (Lipinski definition) is 3. The number of amides is 2. The van der Waals surface area contributed by atoms with Crippen LogP contribution in [0, 0.1) is 11.9 Å². The lowest BCUT2D eigenvalue weighted by atomic mass is 9.92. The van der Waals surface area contributed by atoms with Crippen LogP contribution in [0.1, 0.15) is 40.1 Å². The fourth-order valence-corrected chi connectivity index (χ4v) is 3.70. The molecular formula is C22H17FNO3. The van der Waals surface area contributed by atoms with Crippen LogP contribution in [0.3, 0.4) is 0 Å². The molecule has 0 aliphatic carbocycles. The van der Waals surface area contributed by atoms with Crippen LogP contribution in [0.2, 0.25) is 0 Å². The molecule has 0 saturated heterocycles. The van der Waals surface area contributed by atoms with Gasteiger partial charge in [-0.25, -0.2) is 9.29 Å². The Morgan fingerprint density at radius 3 is 2.41 bits per heavy atom. The number of hydrogen-bond donors (Lipinski definition) is 0. The number of rotatable bonds is 4. The molecule has 2 amide bonds. The summed E-state index contributed by atoms with van der Waals surface area (Å²) in [7, 11) is 0. The molecule has 0 spiro atoms. The zero-order chi connectivity index (χ0) is 19.1. The summed E-state index contributed by atoms with van der Waals surface area (Å²) in [5, 5.41) is 1.65. The maximum absolute atomic E-state index is 14.3. The van der Waals surface area contributed by atoms with Crippen molar-refractivity contribution in [2.45, 2.75) is 20.3 Å². The Balaban J connectivity index is 2.06. The highest BCUT2D eigenvalue weighted by Gasteiger charge is 2.43. The highest BCUT2D eigenvalue weighted by Crippen LogP contribution is 2.42. The van der Waals surface area contributed by atoms with Gasteiger partial charge in [-0.3, -0.25) is 9.59 Å². The molecule has 0 atom stereocenters. The summed E-state index contributed by atoms with van der Waals surface area (Å²) in [4.78, 5) is 27.3. The number of carbonyl (C=O) groups is 2. The molecule has 0 N–H and O–H groups in total. The minimum Gasteiger partial charge on any atom is -0.492 e. The zero-order valence-electron chi connectivity index (χ0n) is 15.0. The summed E-state index contributed by atoms with van der Waals surface area (Å²) in [5.41, 5.74) is 1.21. The van der Waals surface area contributed by atoms with E-state index in [-0.39, 0.29) is 11.3 Å². The third-order valence-electron chi connectivity index (χ3n) is 4.78. The first kappa shape index (κ1) is 17.2. The first-order valence-electron chi connectivity index (χ1n) is 8.84. The second-order valence-corrected chi connectivity index (χ2v) is 6.21. The number of aryl methyl sites for hydroxylation is 1. The van der Waals surface area contributed by atoms with Gasteiger partial charge in [-0.1, -0.05) is 37.3 Å². The molecule has 5 heteroatoms. The molecule has 0 aromatic heterocycles. The van der Waals surface area contributed by atoms with Gasteiger partial charge in [0.05, 0.1) is 23.4 Å². The second kappa shape index (κ2) is 6.50. The Hall–Kier alpha value is -3.21. The van der Waals surface area contributed by atoms with E-state index in [9.17, 15) is 14.0 Å². The zero-order valence-corrected chi connectivity index (χ0v) is 15.0. The number of anilines is 1. The predicted octanol–water partition coefficient (Wildman–Crippen LogP) is 4.54. The molecule has 1 aliphatic heterocycles. The van der Waals surface area contributed by atoms with E-state index in [1.54, 1.807) is 0 Å². The Labute approximate surface area is 156 Å². The minimum atomic E-state index is -0.674. The van der Waals surface area contributed by atoms with Crippen LogP contribution in [-0.4, -0.2) is 18.4 Å². The van der Waals surface area contributed by atoms with E-state index >= 15 is 0 Å². The SMILES string of the molecule is CCOc1c2c(c(CC)c3ccccc13)C(=O)N(c1cc[c]cc1F)C2=O. The van der Waals surface area contributed by atoms with Gasteiger partial charge in [-0.2, -0.15) is 0 Å². The number of nitrogens with zero attached hydrogens (tertiary/aromatic N) is 1. The molecule has 0 fully saturated rings. The normalized spacial score (nSPS) is 13.4. The van der Waals surface area contributed by atoms with Crippen molar-refractivity contribution in [3.05, 3.63) is 71.0 Å². The largest absolute Gasteiger partial charge is 0.492 e. The summed E-state index contributed by atoms with van der Waals surface area (Å²) in [6.45, 7) is 4.10. The first-order chi connectivity index (χ1) is 13.1. The van der Waals surface area contributed by atoms with E-state index in [0.717, 1.165) is 27.3 Å². The van der Waals surface area contributed by atoms with Crippen molar-refractivity contribution < 1.29 is 18.7 Å². The molecule has 1 aliphatic rings. The molecular weight excluding hydrogens is 345 g/mol. The van der Waals surface area contributed by atoms with Crippen LogP contribution in [-0.2, 0) is 6.42 Å². The summed E-state index contributed by atoms with van der Waals surface area (Å²) < 4.78 is 20.1. The van der Waals surface area contributed by atoms with Crippen molar-refractivity contribution in [1.82, 2.24) is 0 Å². The average Bonchev–Trinajstić information content (AvgIpc) is 2.93. The number of carbonyl (C=O) groups excluding carboxylic acids is 2. The van der Waals surface area contributed by atoms with Gasteiger partial charge in [0.25, 0.3) is 11.8 Å². The van der Waals surface area contributed by atoms with Crippen LogP contribution >= 0.6 is 0 Å². The second-order valence-electron chi connectivity index (χ2n) is 6.21. The van der Waals surface area contributed by atoms with E-state index in [1.165, 1.54) is 12.1 Å². The molecule has 3 aromatic rings. The van der Waals surface area contributed by atoms with Crippen molar-refractivity contribution in [3.63, 3.8) is 0 Å². The number of halogens is 1. The minimum absolute atomic E-state index is 0.0755. The van der Waals surface area contributed by atoms with Crippen LogP contribution in [0.5, 0.6) is 5.75 Å². The number of ether oxygens (including phenoxy) is 1. The maximum Gasteiger partial charge on any atom is 0.270 e. The molecule has 1 heterocycles. The fraction of sp³-hybridized carbons (Fsp3) is 0.182. The molecule has 4 rings (SSSR count). The van der Waals surface area contributed by atoms with E-state index in [4.69, 9.17) is 4.74 Å². The molecule has 0 unspecified atom stereocenters. The molecule has 0 bridgehead atoms. The summed E-state index contributed by atoms with van der Waals surface area (Å²) >= 11 is 0. The number of benzene rings is 3. The topological polar surface area (TPSA) is 46.6 Å². The summed E-state index contributed by atoms with van der Waals surface area (Å²) in [6.07, 6.45) is 0.563. The van der Waals surface area contributed by atoms with E-state index in [1.807, 2.05) is 38.1 Å². The van der Waals surface area contributed by atoms with Crippen LogP contribution in [0.15, 0.2) is 42.5 Å². The summed E-state index contributed by atoms with van der Waals surface area (Å²) in [6, 6.07) is 14.1. The van der Waals surface area contributed by atoms with Gasteiger partial charge < -0.3 is 4.74 Å². The quantitative estimate of drug-likeness (QED) is 0.640. The molecule has 0 saturated carbocycles. The van der Waals surface area contributed by atoms with Crippen molar-refractivity contribution in [2.75, 3.05) is 11.5 Å². The summed E-state index contributed by atoms with van der Waals surface area (Å²) in [5.74, 6) is -1.38. The van der Waals surface area contributed by atoms with E-state index in [2.05, 4.69) is 6.07 Å². The highest BCUT2D eigenvalue weighted by molar-refractivity contribution is 6.37. The third kappa shape index (κ3) is 2.42. The third-order valence-corrected chi connectivity index (χ3v) is 4.78. The van der Waals surface area contributed by atoms with Crippen LogP contribution in [0.4, 0.5) is 10.1 Å². The van der Waals surface area contributed by atoms with Crippen LogP contribution in [0.25, 0.3) is 10.8 Å². The smallest absolute Gasteiger partial charge is 0.270 e. The first-order valence-corrected chi connectivity index (χ1v) is 8.84. The van der Waals surface area contributed by atoms with Crippen LogP contribution < -0.4 is 9.64 Å². The van der Waals surface area contributed by atoms with Gasteiger partial charge >= 0.3 is 0 Å².